The maximum atomic E-state index is 4.73. The van der Waals surface area contributed by atoms with Gasteiger partial charge >= 0.3 is 0 Å². The molecule has 31 heavy (non-hydrogen) atoms. The summed E-state index contributed by atoms with van der Waals surface area (Å²) in [5.74, 6) is 2.70. The van der Waals surface area contributed by atoms with Crippen LogP contribution in [0.3, 0.4) is 0 Å². The van der Waals surface area contributed by atoms with Crippen molar-refractivity contribution in [3.05, 3.63) is 72.7 Å². The maximum absolute atomic E-state index is 4.73. The fraction of sp³-hybridized carbons (Fsp3) is 0.304. The van der Waals surface area contributed by atoms with Crippen LogP contribution in [0, 0.1) is 6.92 Å². The highest BCUT2D eigenvalue weighted by molar-refractivity contribution is 5.79. The van der Waals surface area contributed by atoms with Crippen molar-refractivity contribution in [3.8, 4) is 5.82 Å². The van der Waals surface area contributed by atoms with Crippen molar-refractivity contribution < 1.29 is 0 Å². The Bertz CT molecular complexity index is 1140. The van der Waals surface area contributed by atoms with E-state index < -0.39 is 0 Å². The Morgan fingerprint density at radius 2 is 2.03 bits per heavy atom. The number of aliphatic imine (C=N–C) groups is 1. The van der Waals surface area contributed by atoms with Crippen LogP contribution in [0.5, 0.6) is 0 Å². The fourth-order valence-corrected chi connectivity index (χ4v) is 3.53. The molecule has 2 N–H and O–H groups in total. The minimum atomic E-state index is 0.574. The lowest BCUT2D eigenvalue weighted by molar-refractivity contribution is 0.624. The lowest BCUT2D eigenvalue weighted by Crippen LogP contribution is -2.38. The molecule has 0 aliphatic heterocycles. The number of nitrogens with one attached hydrogen (secondary N) is 2. The van der Waals surface area contributed by atoms with Crippen LogP contribution >= 0.6 is 0 Å². The monoisotopic (exact) mass is 416 g/mol. The quantitative estimate of drug-likeness (QED) is 0.262. The van der Waals surface area contributed by atoms with E-state index in [0.29, 0.717) is 6.54 Å². The first-order chi connectivity index (χ1) is 15.2. The molecule has 0 radical (unpaired) electrons. The Hall–Kier alpha value is -3.68. The normalized spacial score (nSPS) is 11.7. The Kier molecular flexibility index (Phi) is 6.56. The molecule has 3 heterocycles. The van der Waals surface area contributed by atoms with Crippen LogP contribution in [-0.2, 0) is 13.1 Å². The molecule has 1 aromatic carbocycles. The number of aromatic nitrogens is 5. The predicted octanol–water partition coefficient (Wildman–Crippen LogP) is 3.07. The summed E-state index contributed by atoms with van der Waals surface area (Å²) in [6, 6.07) is 12.3. The van der Waals surface area contributed by atoms with E-state index in [2.05, 4.69) is 62.2 Å². The number of para-hydroxylation sites is 2. The number of hydrogen-bond acceptors (Lipinski definition) is 4. The number of fused-ring (bicyclic) bond motifs is 1. The van der Waals surface area contributed by atoms with Crippen LogP contribution in [0.15, 0.2) is 66.3 Å². The molecule has 4 aromatic rings. The number of aryl methyl sites for hydroxylation is 2. The molecule has 0 bridgehead atoms. The van der Waals surface area contributed by atoms with Gasteiger partial charge in [0.2, 0.25) is 0 Å². The van der Waals surface area contributed by atoms with Crippen molar-refractivity contribution in [1.29, 1.82) is 0 Å². The van der Waals surface area contributed by atoms with Crippen LogP contribution in [0.4, 0.5) is 0 Å². The molecule has 0 amide bonds. The minimum absolute atomic E-state index is 0.574. The third-order valence-corrected chi connectivity index (χ3v) is 5.04. The van der Waals surface area contributed by atoms with Gasteiger partial charge in [-0.05, 0) is 50.1 Å². The van der Waals surface area contributed by atoms with E-state index in [1.54, 1.807) is 18.7 Å². The van der Waals surface area contributed by atoms with Crippen molar-refractivity contribution >= 4 is 17.0 Å². The number of pyridine rings is 1. The van der Waals surface area contributed by atoms with Crippen molar-refractivity contribution in [3.63, 3.8) is 0 Å². The summed E-state index contributed by atoms with van der Waals surface area (Å²) in [7, 11) is 0. The zero-order chi connectivity index (χ0) is 21.5. The van der Waals surface area contributed by atoms with Gasteiger partial charge in [-0.1, -0.05) is 12.1 Å². The second kappa shape index (κ2) is 9.88. The first kappa shape index (κ1) is 20.6. The topological polar surface area (TPSA) is 85.0 Å². The van der Waals surface area contributed by atoms with Gasteiger partial charge in [-0.3, -0.25) is 4.57 Å². The molecule has 0 saturated heterocycles. The Morgan fingerprint density at radius 3 is 2.87 bits per heavy atom. The van der Waals surface area contributed by atoms with Gasteiger partial charge in [0.05, 0.1) is 17.6 Å². The smallest absolute Gasteiger partial charge is 0.191 e. The molecule has 0 aliphatic rings. The molecule has 3 aromatic heterocycles. The standard InChI is InChI=1S/C23H28N8/c1-3-25-23(28-16-19-9-11-26-22(15-19)30-14-12-24-17-30)27-10-6-13-31-18(2)29-20-7-4-5-8-21(20)31/h4-5,7-9,11-12,14-15,17H,3,6,10,13,16H2,1-2H3,(H2,25,27,28). The number of benzene rings is 1. The minimum Gasteiger partial charge on any atom is -0.357 e. The van der Waals surface area contributed by atoms with E-state index >= 15 is 0 Å². The lowest BCUT2D eigenvalue weighted by atomic mass is 10.2. The summed E-state index contributed by atoms with van der Waals surface area (Å²) in [5, 5.41) is 6.76. The summed E-state index contributed by atoms with van der Waals surface area (Å²) in [6.45, 7) is 7.26. The van der Waals surface area contributed by atoms with E-state index in [9.17, 15) is 0 Å². The molecule has 160 valence electrons. The van der Waals surface area contributed by atoms with Gasteiger partial charge in [0.15, 0.2) is 5.96 Å². The van der Waals surface area contributed by atoms with Crippen LogP contribution in [0.25, 0.3) is 16.9 Å². The highest BCUT2D eigenvalue weighted by atomic mass is 15.2. The predicted molar refractivity (Wildman–Crippen MR) is 123 cm³/mol. The SMILES string of the molecule is CCNC(=NCc1ccnc(-n2ccnc2)c1)NCCCn1c(C)nc2ccccc21. The van der Waals surface area contributed by atoms with Gasteiger partial charge in [0, 0.05) is 38.2 Å². The van der Waals surface area contributed by atoms with Crippen LogP contribution in [0.1, 0.15) is 24.7 Å². The number of hydrogen-bond donors (Lipinski definition) is 2. The third kappa shape index (κ3) is 5.09. The molecule has 0 atom stereocenters. The van der Waals surface area contributed by atoms with E-state index in [-0.39, 0.29) is 0 Å². The summed E-state index contributed by atoms with van der Waals surface area (Å²) >= 11 is 0. The molecule has 0 spiro atoms. The lowest BCUT2D eigenvalue weighted by Gasteiger charge is -2.12. The second-order valence-electron chi connectivity index (χ2n) is 7.27. The molecule has 0 aliphatic carbocycles. The Morgan fingerprint density at radius 1 is 1.13 bits per heavy atom. The van der Waals surface area contributed by atoms with Crippen molar-refractivity contribution in [2.75, 3.05) is 13.1 Å². The maximum Gasteiger partial charge on any atom is 0.191 e. The number of guanidine groups is 1. The summed E-state index contributed by atoms with van der Waals surface area (Å²) in [5.41, 5.74) is 3.33. The van der Waals surface area contributed by atoms with Gasteiger partial charge in [-0.2, -0.15) is 0 Å². The van der Waals surface area contributed by atoms with Gasteiger partial charge in [-0.15, -0.1) is 0 Å². The van der Waals surface area contributed by atoms with Gasteiger partial charge in [0.1, 0.15) is 18.0 Å². The summed E-state index contributed by atoms with van der Waals surface area (Å²) in [6.07, 6.45) is 8.15. The van der Waals surface area contributed by atoms with Gasteiger partial charge in [0.25, 0.3) is 0 Å². The van der Waals surface area contributed by atoms with E-state index in [1.807, 2.05) is 29.0 Å². The molecule has 8 nitrogen and oxygen atoms in total. The number of rotatable bonds is 8. The largest absolute Gasteiger partial charge is 0.357 e. The van der Waals surface area contributed by atoms with Crippen molar-refractivity contribution in [2.45, 2.75) is 33.4 Å². The molecule has 0 fully saturated rings. The average Bonchev–Trinajstić information content (AvgIpc) is 3.43. The van der Waals surface area contributed by atoms with Crippen molar-refractivity contribution in [1.82, 2.24) is 34.7 Å². The first-order valence-electron chi connectivity index (χ1n) is 10.6. The third-order valence-electron chi connectivity index (χ3n) is 5.04. The molecule has 4 rings (SSSR count). The second-order valence-corrected chi connectivity index (χ2v) is 7.27. The van der Waals surface area contributed by atoms with Crippen LogP contribution in [-0.4, -0.2) is 43.1 Å². The molecular weight excluding hydrogens is 388 g/mol. The number of imidazole rings is 2. The number of nitrogens with zero attached hydrogens (tertiary/aromatic N) is 6. The molecule has 0 saturated carbocycles. The molecular formula is C23H28N8. The summed E-state index contributed by atoms with van der Waals surface area (Å²) < 4.78 is 4.16. The zero-order valence-electron chi connectivity index (χ0n) is 18.0. The first-order valence-corrected chi connectivity index (χ1v) is 10.6. The Balaban J connectivity index is 1.34. The zero-order valence-corrected chi connectivity index (χ0v) is 18.0. The van der Waals surface area contributed by atoms with Crippen LogP contribution in [0.2, 0.25) is 0 Å². The highest BCUT2D eigenvalue weighted by Crippen LogP contribution is 2.15. The van der Waals surface area contributed by atoms with E-state index in [0.717, 1.165) is 54.7 Å². The van der Waals surface area contributed by atoms with Gasteiger partial charge < -0.3 is 15.2 Å². The molecule has 0 unspecified atom stereocenters. The van der Waals surface area contributed by atoms with E-state index in [4.69, 9.17) is 4.99 Å². The highest BCUT2D eigenvalue weighted by Gasteiger charge is 2.06. The Labute approximate surface area is 182 Å². The van der Waals surface area contributed by atoms with Crippen molar-refractivity contribution in [2.24, 2.45) is 4.99 Å². The average molecular weight is 417 g/mol. The molecule has 8 heteroatoms. The van der Waals surface area contributed by atoms with Gasteiger partial charge in [-0.25, -0.2) is 19.9 Å². The fourth-order valence-electron chi connectivity index (χ4n) is 3.53. The van der Waals surface area contributed by atoms with Crippen LogP contribution < -0.4 is 10.6 Å². The summed E-state index contributed by atoms with van der Waals surface area (Å²) in [4.78, 5) is 17.8. The van der Waals surface area contributed by atoms with E-state index in [1.165, 1.54) is 5.52 Å².